The summed E-state index contributed by atoms with van der Waals surface area (Å²) in [6.07, 6.45) is 1.67. The van der Waals surface area contributed by atoms with Crippen molar-refractivity contribution in [3.63, 3.8) is 0 Å². The Morgan fingerprint density at radius 2 is 1.89 bits per heavy atom. The molecule has 0 aliphatic carbocycles. The van der Waals surface area contributed by atoms with Crippen molar-refractivity contribution in [1.29, 1.82) is 0 Å². The van der Waals surface area contributed by atoms with Crippen LogP contribution in [0.3, 0.4) is 0 Å². The molecule has 2 aromatic heterocycles. The Morgan fingerprint density at radius 3 is 2.58 bits per heavy atom. The van der Waals surface area contributed by atoms with Gasteiger partial charge in [0.2, 0.25) is 5.88 Å². The van der Waals surface area contributed by atoms with Gasteiger partial charge >= 0.3 is 0 Å². The number of hydrogen-bond acceptors (Lipinski definition) is 4. The fourth-order valence-electron chi connectivity index (χ4n) is 1.98. The topological polar surface area (TPSA) is 67.9 Å². The van der Waals surface area contributed by atoms with Crippen LogP contribution in [0.4, 0.5) is 0 Å². The number of ether oxygens (including phenoxy) is 1. The van der Waals surface area contributed by atoms with E-state index < -0.39 is 0 Å². The van der Waals surface area contributed by atoms with Crippen molar-refractivity contribution in [1.82, 2.24) is 15.2 Å². The molecule has 0 atom stereocenters. The summed E-state index contributed by atoms with van der Waals surface area (Å²) in [6.45, 7) is 0. The first-order valence-corrected chi connectivity index (χ1v) is 5.77. The maximum atomic E-state index is 11.7. The Balaban J connectivity index is 2.24. The van der Waals surface area contributed by atoms with E-state index in [0.29, 0.717) is 17.0 Å². The first-order valence-electron chi connectivity index (χ1n) is 5.77. The SMILES string of the molecule is COc1ccc(-c2n[nH]c(=O)c3ccccc23)cn1. The monoisotopic (exact) mass is 253 g/mol. The Hall–Kier alpha value is -2.69. The third-order valence-corrected chi connectivity index (χ3v) is 2.91. The van der Waals surface area contributed by atoms with Gasteiger partial charge < -0.3 is 4.74 Å². The summed E-state index contributed by atoms with van der Waals surface area (Å²) in [5.74, 6) is 0.539. The van der Waals surface area contributed by atoms with Crippen LogP contribution in [0.15, 0.2) is 47.4 Å². The molecule has 5 heteroatoms. The van der Waals surface area contributed by atoms with Crippen molar-refractivity contribution in [2.75, 3.05) is 7.11 Å². The summed E-state index contributed by atoms with van der Waals surface area (Å²) in [4.78, 5) is 15.9. The van der Waals surface area contributed by atoms with Gasteiger partial charge in [-0.3, -0.25) is 4.79 Å². The molecule has 0 bridgehead atoms. The minimum Gasteiger partial charge on any atom is -0.481 e. The van der Waals surface area contributed by atoms with Gasteiger partial charge in [0, 0.05) is 23.2 Å². The molecule has 5 nitrogen and oxygen atoms in total. The van der Waals surface area contributed by atoms with Gasteiger partial charge in [0.15, 0.2) is 0 Å². The molecule has 0 spiro atoms. The second kappa shape index (κ2) is 4.53. The maximum absolute atomic E-state index is 11.7. The number of fused-ring (bicyclic) bond motifs is 1. The van der Waals surface area contributed by atoms with Crippen molar-refractivity contribution >= 4 is 10.8 Å². The highest BCUT2D eigenvalue weighted by atomic mass is 16.5. The second-order valence-electron chi connectivity index (χ2n) is 4.04. The molecular weight excluding hydrogens is 242 g/mol. The summed E-state index contributed by atoms with van der Waals surface area (Å²) in [6, 6.07) is 11.0. The van der Waals surface area contributed by atoms with E-state index in [-0.39, 0.29) is 5.56 Å². The van der Waals surface area contributed by atoms with Crippen LogP contribution in [-0.2, 0) is 0 Å². The highest BCUT2D eigenvalue weighted by Crippen LogP contribution is 2.24. The van der Waals surface area contributed by atoms with Crippen LogP contribution in [0.1, 0.15) is 0 Å². The largest absolute Gasteiger partial charge is 0.481 e. The third kappa shape index (κ3) is 1.95. The molecule has 0 aliphatic rings. The van der Waals surface area contributed by atoms with E-state index in [1.807, 2.05) is 24.3 Å². The van der Waals surface area contributed by atoms with Gasteiger partial charge in [-0.05, 0) is 12.1 Å². The molecule has 0 aliphatic heterocycles. The second-order valence-corrected chi connectivity index (χ2v) is 4.04. The lowest BCUT2D eigenvalue weighted by Gasteiger charge is -2.05. The van der Waals surface area contributed by atoms with Gasteiger partial charge in [-0.1, -0.05) is 18.2 Å². The maximum Gasteiger partial charge on any atom is 0.272 e. The molecule has 1 N–H and O–H groups in total. The van der Waals surface area contributed by atoms with E-state index in [4.69, 9.17) is 4.74 Å². The Bertz CT molecular complexity index is 779. The quantitative estimate of drug-likeness (QED) is 0.758. The molecule has 3 aromatic rings. The summed E-state index contributed by atoms with van der Waals surface area (Å²) in [5, 5.41) is 8.04. The molecule has 1 aromatic carbocycles. The molecule has 0 fully saturated rings. The van der Waals surface area contributed by atoms with Crippen molar-refractivity contribution < 1.29 is 4.74 Å². The molecule has 3 rings (SSSR count). The standard InChI is InChI=1S/C14H11N3O2/c1-19-12-7-6-9(8-15-12)13-10-4-2-3-5-11(10)14(18)17-16-13/h2-8H,1H3,(H,17,18). The average molecular weight is 253 g/mol. The minimum absolute atomic E-state index is 0.194. The van der Waals surface area contributed by atoms with E-state index in [2.05, 4.69) is 15.2 Å². The molecule has 0 saturated heterocycles. The van der Waals surface area contributed by atoms with Crippen LogP contribution < -0.4 is 10.3 Å². The number of hydrogen-bond donors (Lipinski definition) is 1. The number of nitrogens with one attached hydrogen (secondary N) is 1. The molecule has 0 amide bonds. The number of rotatable bonds is 2. The number of nitrogens with zero attached hydrogens (tertiary/aromatic N) is 2. The summed E-state index contributed by atoms with van der Waals surface area (Å²) < 4.78 is 5.02. The van der Waals surface area contributed by atoms with E-state index in [9.17, 15) is 4.79 Å². The molecule has 94 valence electrons. The molecule has 0 unspecified atom stereocenters. The Labute approximate surface area is 108 Å². The number of pyridine rings is 1. The summed E-state index contributed by atoms with van der Waals surface area (Å²) in [7, 11) is 1.57. The van der Waals surface area contributed by atoms with Crippen molar-refractivity contribution in [3.05, 3.63) is 52.9 Å². The predicted octanol–water partition coefficient (Wildman–Crippen LogP) is 1.99. The van der Waals surface area contributed by atoms with Crippen LogP contribution in [0.25, 0.3) is 22.0 Å². The van der Waals surface area contributed by atoms with Crippen LogP contribution in [-0.4, -0.2) is 22.3 Å². The Morgan fingerprint density at radius 1 is 1.11 bits per heavy atom. The van der Waals surface area contributed by atoms with Gasteiger partial charge in [0.25, 0.3) is 5.56 Å². The van der Waals surface area contributed by atoms with Crippen LogP contribution >= 0.6 is 0 Å². The smallest absolute Gasteiger partial charge is 0.272 e. The lowest BCUT2D eigenvalue weighted by molar-refractivity contribution is 0.398. The number of H-pyrrole nitrogens is 1. The lowest BCUT2D eigenvalue weighted by Crippen LogP contribution is -2.09. The summed E-state index contributed by atoms with van der Waals surface area (Å²) >= 11 is 0. The molecule has 0 saturated carbocycles. The first kappa shape index (κ1) is 11.4. The molecule has 2 heterocycles. The molecule has 19 heavy (non-hydrogen) atoms. The fourth-order valence-corrected chi connectivity index (χ4v) is 1.98. The normalized spacial score (nSPS) is 10.6. The van der Waals surface area contributed by atoms with Gasteiger partial charge in [-0.15, -0.1) is 0 Å². The van der Waals surface area contributed by atoms with Crippen molar-refractivity contribution in [2.24, 2.45) is 0 Å². The average Bonchev–Trinajstić information content (AvgIpc) is 2.48. The highest BCUT2D eigenvalue weighted by molar-refractivity contribution is 5.93. The van der Waals surface area contributed by atoms with Gasteiger partial charge in [0.1, 0.15) is 5.69 Å². The van der Waals surface area contributed by atoms with Crippen molar-refractivity contribution in [2.45, 2.75) is 0 Å². The number of aromatic amines is 1. The van der Waals surface area contributed by atoms with E-state index in [1.165, 1.54) is 0 Å². The number of benzene rings is 1. The summed E-state index contributed by atoms with van der Waals surface area (Å²) in [5.41, 5.74) is 1.33. The number of aromatic nitrogens is 3. The zero-order valence-corrected chi connectivity index (χ0v) is 10.3. The van der Waals surface area contributed by atoms with Crippen molar-refractivity contribution in [3.8, 4) is 17.1 Å². The van der Waals surface area contributed by atoms with E-state index >= 15 is 0 Å². The zero-order chi connectivity index (χ0) is 13.2. The fraction of sp³-hybridized carbons (Fsp3) is 0.0714. The zero-order valence-electron chi connectivity index (χ0n) is 10.3. The first-order chi connectivity index (χ1) is 9.29. The predicted molar refractivity (Wildman–Crippen MR) is 72.1 cm³/mol. The minimum atomic E-state index is -0.194. The van der Waals surface area contributed by atoms with E-state index in [1.54, 1.807) is 25.4 Å². The van der Waals surface area contributed by atoms with Gasteiger partial charge in [-0.25, -0.2) is 10.1 Å². The molecule has 0 radical (unpaired) electrons. The van der Waals surface area contributed by atoms with E-state index in [0.717, 1.165) is 10.9 Å². The third-order valence-electron chi connectivity index (χ3n) is 2.91. The van der Waals surface area contributed by atoms with Crippen LogP contribution in [0.5, 0.6) is 5.88 Å². The Kier molecular flexibility index (Phi) is 2.72. The highest BCUT2D eigenvalue weighted by Gasteiger charge is 2.08. The molecular formula is C14H11N3O2. The van der Waals surface area contributed by atoms with Crippen LogP contribution in [0.2, 0.25) is 0 Å². The van der Waals surface area contributed by atoms with Gasteiger partial charge in [-0.2, -0.15) is 5.10 Å². The van der Waals surface area contributed by atoms with Crippen LogP contribution in [0, 0.1) is 0 Å². The lowest BCUT2D eigenvalue weighted by atomic mass is 10.1. The van der Waals surface area contributed by atoms with Gasteiger partial charge in [0.05, 0.1) is 12.5 Å². The number of methoxy groups -OCH3 is 1.